The molecule has 1 N–H and O–H groups in total. The van der Waals surface area contributed by atoms with E-state index in [-0.39, 0.29) is 6.10 Å². The van der Waals surface area contributed by atoms with Crippen LogP contribution in [0.15, 0.2) is 22.7 Å². The molecule has 2 heteroatoms. The molecule has 1 aromatic carbocycles. The van der Waals surface area contributed by atoms with Gasteiger partial charge < -0.3 is 5.11 Å². The summed E-state index contributed by atoms with van der Waals surface area (Å²) >= 11 is 3.52. The van der Waals surface area contributed by atoms with Crippen LogP contribution in [0.1, 0.15) is 50.3 Å². The third kappa shape index (κ3) is 3.16. The molecule has 0 aromatic heterocycles. The van der Waals surface area contributed by atoms with Gasteiger partial charge in [0.1, 0.15) is 0 Å². The van der Waals surface area contributed by atoms with Crippen molar-refractivity contribution in [1.82, 2.24) is 0 Å². The highest BCUT2D eigenvalue weighted by molar-refractivity contribution is 9.10. The van der Waals surface area contributed by atoms with E-state index in [1.165, 1.54) is 12.0 Å². The van der Waals surface area contributed by atoms with Crippen LogP contribution < -0.4 is 0 Å². The summed E-state index contributed by atoms with van der Waals surface area (Å²) in [6, 6.07) is 6.25. The summed E-state index contributed by atoms with van der Waals surface area (Å²) in [6.45, 7) is 6.72. The van der Waals surface area contributed by atoms with Gasteiger partial charge >= 0.3 is 0 Å². The lowest BCUT2D eigenvalue weighted by molar-refractivity contribution is 0.0560. The van der Waals surface area contributed by atoms with Crippen LogP contribution in [0.3, 0.4) is 0 Å². The zero-order valence-corrected chi connectivity index (χ0v) is 13.1. The molecule has 0 amide bonds. The van der Waals surface area contributed by atoms with Crippen LogP contribution in [0.4, 0.5) is 0 Å². The number of aliphatic hydroxyl groups is 1. The van der Waals surface area contributed by atoms with Crippen molar-refractivity contribution in [3.63, 3.8) is 0 Å². The van der Waals surface area contributed by atoms with Crippen LogP contribution in [0.5, 0.6) is 0 Å². The van der Waals surface area contributed by atoms with Crippen LogP contribution in [-0.2, 0) is 0 Å². The molecule has 1 fully saturated rings. The minimum Gasteiger partial charge on any atom is -0.388 e. The van der Waals surface area contributed by atoms with Gasteiger partial charge in [-0.1, -0.05) is 42.3 Å². The van der Waals surface area contributed by atoms with Gasteiger partial charge in [-0.25, -0.2) is 0 Å². The highest BCUT2D eigenvalue weighted by Crippen LogP contribution is 2.40. The lowest BCUT2D eigenvalue weighted by atomic mass is 9.73. The third-order valence-electron chi connectivity index (χ3n) is 4.49. The van der Waals surface area contributed by atoms with Gasteiger partial charge in [0, 0.05) is 4.47 Å². The molecular weight excluding hydrogens is 288 g/mol. The van der Waals surface area contributed by atoms with Crippen molar-refractivity contribution in [2.24, 2.45) is 17.8 Å². The highest BCUT2D eigenvalue weighted by Gasteiger charge is 2.30. The van der Waals surface area contributed by atoms with Gasteiger partial charge in [-0.15, -0.1) is 0 Å². The van der Waals surface area contributed by atoms with Crippen molar-refractivity contribution in [3.05, 3.63) is 33.8 Å². The Balaban J connectivity index is 2.13. The number of rotatable bonds is 2. The summed E-state index contributed by atoms with van der Waals surface area (Å²) in [5, 5.41) is 10.6. The van der Waals surface area contributed by atoms with Gasteiger partial charge in [0.25, 0.3) is 0 Å². The molecular formula is C16H23BrO. The fraction of sp³-hybridized carbons (Fsp3) is 0.625. The van der Waals surface area contributed by atoms with Gasteiger partial charge in [-0.05, 0) is 60.8 Å². The molecule has 0 aliphatic heterocycles. The van der Waals surface area contributed by atoms with Crippen LogP contribution in [0.2, 0.25) is 0 Å². The lowest BCUT2D eigenvalue weighted by Gasteiger charge is -2.35. The summed E-state index contributed by atoms with van der Waals surface area (Å²) in [5.41, 5.74) is 2.27. The molecule has 0 saturated heterocycles. The molecule has 0 radical (unpaired) electrons. The Labute approximate surface area is 119 Å². The van der Waals surface area contributed by atoms with Crippen molar-refractivity contribution in [2.45, 2.75) is 46.1 Å². The second-order valence-corrected chi connectivity index (χ2v) is 6.95. The summed E-state index contributed by atoms with van der Waals surface area (Å²) in [7, 11) is 0. The predicted octanol–water partition coefficient (Wildman–Crippen LogP) is 4.86. The van der Waals surface area contributed by atoms with E-state index in [2.05, 4.69) is 54.9 Å². The van der Waals surface area contributed by atoms with Crippen LogP contribution >= 0.6 is 15.9 Å². The SMILES string of the molecule is Cc1cc(Br)cc(C(O)C2CCC(C)C(C)C2)c1. The number of hydrogen-bond donors (Lipinski definition) is 1. The molecule has 0 bridgehead atoms. The van der Waals surface area contributed by atoms with E-state index in [0.717, 1.165) is 34.7 Å². The molecule has 1 saturated carbocycles. The first kappa shape index (κ1) is 14.1. The summed E-state index contributed by atoms with van der Waals surface area (Å²) < 4.78 is 1.06. The smallest absolute Gasteiger partial charge is 0.0818 e. The maximum Gasteiger partial charge on any atom is 0.0818 e. The fourth-order valence-electron chi connectivity index (χ4n) is 3.08. The molecule has 1 nitrogen and oxygen atoms in total. The van der Waals surface area contributed by atoms with Crippen LogP contribution in [0.25, 0.3) is 0 Å². The molecule has 2 rings (SSSR count). The molecule has 0 spiro atoms. The molecule has 4 unspecified atom stereocenters. The van der Waals surface area contributed by atoms with Gasteiger partial charge in [0.2, 0.25) is 0 Å². The normalized spacial score (nSPS) is 30.2. The number of hydrogen-bond acceptors (Lipinski definition) is 1. The van der Waals surface area contributed by atoms with Crippen LogP contribution in [-0.4, -0.2) is 5.11 Å². The quantitative estimate of drug-likeness (QED) is 0.826. The highest BCUT2D eigenvalue weighted by atomic mass is 79.9. The molecule has 0 heterocycles. The Morgan fingerprint density at radius 1 is 1.17 bits per heavy atom. The van der Waals surface area contributed by atoms with Crippen LogP contribution in [0, 0.1) is 24.7 Å². The first-order valence-corrected chi connectivity index (χ1v) is 7.72. The Morgan fingerprint density at radius 2 is 1.89 bits per heavy atom. The van der Waals surface area contributed by atoms with E-state index in [4.69, 9.17) is 0 Å². The number of halogens is 1. The topological polar surface area (TPSA) is 20.2 Å². The lowest BCUT2D eigenvalue weighted by Crippen LogP contribution is -2.25. The molecule has 18 heavy (non-hydrogen) atoms. The van der Waals surface area contributed by atoms with Gasteiger partial charge in [-0.2, -0.15) is 0 Å². The van der Waals surface area contributed by atoms with Gasteiger partial charge in [0.15, 0.2) is 0 Å². The Kier molecular flexibility index (Phi) is 4.50. The maximum absolute atomic E-state index is 10.6. The minimum absolute atomic E-state index is 0.309. The van der Waals surface area contributed by atoms with Crippen molar-refractivity contribution in [1.29, 1.82) is 0 Å². The van der Waals surface area contributed by atoms with Crippen molar-refractivity contribution in [2.75, 3.05) is 0 Å². The Hall–Kier alpha value is -0.340. The standard InChI is InChI=1S/C16H23BrO/c1-10-6-14(9-15(17)7-10)16(18)13-5-4-11(2)12(3)8-13/h6-7,9,11-13,16,18H,4-5,8H2,1-3H3. The molecule has 1 aliphatic rings. The van der Waals surface area contributed by atoms with E-state index in [0.29, 0.717) is 5.92 Å². The van der Waals surface area contributed by atoms with E-state index in [1.54, 1.807) is 0 Å². The second-order valence-electron chi connectivity index (χ2n) is 6.03. The number of benzene rings is 1. The summed E-state index contributed by atoms with van der Waals surface area (Å²) in [6.07, 6.45) is 3.23. The van der Waals surface area contributed by atoms with Gasteiger partial charge in [0.05, 0.1) is 6.10 Å². The first-order valence-electron chi connectivity index (χ1n) is 6.92. The van der Waals surface area contributed by atoms with Crippen molar-refractivity contribution >= 4 is 15.9 Å². The van der Waals surface area contributed by atoms with E-state index in [1.807, 2.05) is 0 Å². The average Bonchev–Trinajstić information content (AvgIpc) is 2.30. The third-order valence-corrected chi connectivity index (χ3v) is 4.95. The summed E-state index contributed by atoms with van der Waals surface area (Å²) in [4.78, 5) is 0. The molecule has 1 aliphatic carbocycles. The van der Waals surface area contributed by atoms with E-state index >= 15 is 0 Å². The summed E-state index contributed by atoms with van der Waals surface area (Å²) in [5.74, 6) is 1.95. The zero-order valence-electron chi connectivity index (χ0n) is 11.5. The Morgan fingerprint density at radius 3 is 2.50 bits per heavy atom. The molecule has 100 valence electrons. The van der Waals surface area contributed by atoms with E-state index < -0.39 is 0 Å². The predicted molar refractivity (Wildman–Crippen MR) is 79.5 cm³/mol. The van der Waals surface area contributed by atoms with Crippen molar-refractivity contribution < 1.29 is 5.11 Å². The number of aliphatic hydroxyl groups excluding tert-OH is 1. The van der Waals surface area contributed by atoms with E-state index in [9.17, 15) is 5.11 Å². The zero-order chi connectivity index (χ0) is 13.3. The van der Waals surface area contributed by atoms with Crippen molar-refractivity contribution in [3.8, 4) is 0 Å². The second kappa shape index (κ2) is 5.75. The molecule has 4 atom stereocenters. The molecule has 1 aromatic rings. The number of aryl methyl sites for hydroxylation is 1. The van der Waals surface area contributed by atoms with Gasteiger partial charge in [-0.3, -0.25) is 0 Å². The average molecular weight is 311 g/mol. The fourth-order valence-corrected chi connectivity index (χ4v) is 3.71. The minimum atomic E-state index is -0.309. The Bertz CT molecular complexity index is 395. The maximum atomic E-state index is 10.6. The first-order chi connectivity index (χ1) is 8.47. The largest absolute Gasteiger partial charge is 0.388 e. The monoisotopic (exact) mass is 310 g/mol.